The van der Waals surface area contributed by atoms with Crippen LogP contribution in [0.15, 0.2) is 18.2 Å². The summed E-state index contributed by atoms with van der Waals surface area (Å²) in [6, 6.07) is 3.99. The second kappa shape index (κ2) is 8.21. The van der Waals surface area contributed by atoms with Gasteiger partial charge >= 0.3 is 0 Å². The van der Waals surface area contributed by atoms with Gasteiger partial charge in [0.25, 0.3) is 5.69 Å². The van der Waals surface area contributed by atoms with Gasteiger partial charge in [-0.15, -0.1) is 0 Å². The lowest BCUT2D eigenvalue weighted by Crippen LogP contribution is -2.17. The van der Waals surface area contributed by atoms with Crippen LogP contribution in [-0.2, 0) is 0 Å². The molecule has 1 unspecified atom stereocenters. The minimum atomic E-state index is -0.631. The zero-order valence-corrected chi connectivity index (χ0v) is 12.0. The highest BCUT2D eigenvalue weighted by atomic mass is 16.6. The fourth-order valence-corrected chi connectivity index (χ4v) is 2.18. The number of carbonyl (C=O) groups excluding carboxylic acids is 1. The van der Waals surface area contributed by atoms with Crippen LogP contribution in [0.3, 0.4) is 0 Å². The van der Waals surface area contributed by atoms with E-state index in [1.807, 2.05) is 6.92 Å². The fraction of sp³-hybridized carbons (Fsp3) is 0.500. The average Bonchev–Trinajstić information content (AvgIpc) is 2.44. The number of amides is 1. The Balaban J connectivity index is 2.90. The van der Waals surface area contributed by atoms with Crippen molar-refractivity contribution >= 4 is 17.3 Å². The van der Waals surface area contributed by atoms with Crippen molar-refractivity contribution in [1.82, 2.24) is 0 Å². The Morgan fingerprint density at radius 2 is 2.19 bits per heavy atom. The molecule has 0 saturated heterocycles. The highest BCUT2D eigenvalue weighted by molar-refractivity contribution is 5.94. The Morgan fingerprint density at radius 3 is 2.71 bits per heavy atom. The maximum atomic E-state index is 11.2. The maximum Gasteiger partial charge on any atom is 0.292 e. The lowest BCUT2D eigenvalue weighted by molar-refractivity contribution is -0.384. The number of aliphatic hydroxyl groups is 1. The summed E-state index contributed by atoms with van der Waals surface area (Å²) < 4.78 is 0. The molecule has 0 heterocycles. The van der Waals surface area contributed by atoms with Crippen molar-refractivity contribution < 1.29 is 14.8 Å². The molecule has 7 heteroatoms. The SMILES string of the molecule is CCCC(CCO)CNc1cc(C(N)=O)ccc1[N+](=O)[O-]. The molecule has 1 rings (SSSR count). The van der Waals surface area contributed by atoms with Gasteiger partial charge in [0, 0.05) is 24.8 Å². The topological polar surface area (TPSA) is 118 Å². The number of nitrogens with one attached hydrogen (secondary N) is 1. The molecule has 0 aliphatic carbocycles. The summed E-state index contributed by atoms with van der Waals surface area (Å²) in [5, 5.41) is 23.0. The molecule has 1 aromatic rings. The van der Waals surface area contributed by atoms with E-state index < -0.39 is 10.8 Å². The molecule has 0 spiro atoms. The number of rotatable bonds is 9. The van der Waals surface area contributed by atoms with Crippen LogP contribution in [0.25, 0.3) is 0 Å². The van der Waals surface area contributed by atoms with Gasteiger partial charge in [-0.2, -0.15) is 0 Å². The Morgan fingerprint density at radius 1 is 1.48 bits per heavy atom. The van der Waals surface area contributed by atoms with Gasteiger partial charge in [-0.3, -0.25) is 14.9 Å². The summed E-state index contributed by atoms with van der Waals surface area (Å²) in [6.07, 6.45) is 2.51. The predicted molar refractivity (Wildman–Crippen MR) is 80.2 cm³/mol. The molecule has 0 aromatic heterocycles. The number of nitrogens with two attached hydrogens (primary N) is 1. The first-order valence-corrected chi connectivity index (χ1v) is 6.92. The van der Waals surface area contributed by atoms with Gasteiger partial charge in [-0.1, -0.05) is 13.3 Å². The van der Waals surface area contributed by atoms with Crippen LogP contribution < -0.4 is 11.1 Å². The van der Waals surface area contributed by atoms with Gasteiger partial charge in [0.2, 0.25) is 5.91 Å². The van der Waals surface area contributed by atoms with Crippen LogP contribution in [0.5, 0.6) is 0 Å². The highest BCUT2D eigenvalue weighted by Gasteiger charge is 2.17. The van der Waals surface area contributed by atoms with Crippen LogP contribution >= 0.6 is 0 Å². The van der Waals surface area contributed by atoms with Crippen LogP contribution in [0.4, 0.5) is 11.4 Å². The Labute approximate surface area is 123 Å². The van der Waals surface area contributed by atoms with E-state index in [-0.39, 0.29) is 29.5 Å². The van der Waals surface area contributed by atoms with Crippen molar-refractivity contribution in [3.63, 3.8) is 0 Å². The van der Waals surface area contributed by atoms with Gasteiger partial charge in [-0.05, 0) is 30.9 Å². The number of nitro groups is 1. The number of carbonyl (C=O) groups is 1. The maximum absolute atomic E-state index is 11.2. The number of nitro benzene ring substituents is 1. The molecule has 1 atom stereocenters. The molecule has 0 saturated carbocycles. The largest absolute Gasteiger partial charge is 0.396 e. The van der Waals surface area contributed by atoms with Crippen molar-refractivity contribution in [1.29, 1.82) is 0 Å². The highest BCUT2D eigenvalue weighted by Crippen LogP contribution is 2.26. The zero-order valence-electron chi connectivity index (χ0n) is 12.0. The molecule has 0 fully saturated rings. The minimum absolute atomic E-state index is 0.0791. The van der Waals surface area contributed by atoms with E-state index in [4.69, 9.17) is 10.8 Å². The van der Waals surface area contributed by atoms with Gasteiger partial charge in [-0.25, -0.2) is 0 Å². The summed E-state index contributed by atoms with van der Waals surface area (Å²) in [7, 11) is 0. The molecule has 0 radical (unpaired) electrons. The third-order valence-corrected chi connectivity index (χ3v) is 3.29. The molecule has 21 heavy (non-hydrogen) atoms. The Kier molecular flexibility index (Phi) is 6.61. The number of primary amides is 1. The molecule has 1 aromatic carbocycles. The Hall–Kier alpha value is -2.15. The molecular weight excluding hydrogens is 274 g/mol. The normalized spacial score (nSPS) is 11.9. The smallest absolute Gasteiger partial charge is 0.292 e. The van der Waals surface area contributed by atoms with Crippen LogP contribution in [0.1, 0.15) is 36.5 Å². The number of hydrogen-bond donors (Lipinski definition) is 3. The van der Waals surface area contributed by atoms with E-state index in [1.165, 1.54) is 18.2 Å². The van der Waals surface area contributed by atoms with E-state index in [0.29, 0.717) is 13.0 Å². The fourth-order valence-electron chi connectivity index (χ4n) is 2.18. The predicted octanol–water partition coefficient (Wildman–Crippen LogP) is 1.90. The second-order valence-electron chi connectivity index (χ2n) is 4.90. The quantitative estimate of drug-likeness (QED) is 0.475. The van der Waals surface area contributed by atoms with Crippen LogP contribution in [-0.4, -0.2) is 29.1 Å². The molecule has 116 valence electrons. The van der Waals surface area contributed by atoms with E-state index >= 15 is 0 Å². The van der Waals surface area contributed by atoms with Crippen molar-refractivity contribution in [2.45, 2.75) is 26.2 Å². The average molecular weight is 295 g/mol. The first-order chi connectivity index (χ1) is 9.99. The molecule has 4 N–H and O–H groups in total. The lowest BCUT2D eigenvalue weighted by atomic mass is 10.00. The standard InChI is InChI=1S/C14H21N3O4/c1-2-3-10(6-7-18)9-16-12-8-11(14(15)19)4-5-13(12)17(20)21/h4-5,8,10,16,18H,2-3,6-7,9H2,1H3,(H2,15,19). The molecule has 7 nitrogen and oxygen atoms in total. The molecule has 1 amide bonds. The van der Waals surface area contributed by atoms with Gasteiger partial charge in [0.05, 0.1) is 4.92 Å². The monoisotopic (exact) mass is 295 g/mol. The first kappa shape index (κ1) is 16.9. The number of anilines is 1. The molecule has 0 aliphatic heterocycles. The number of aliphatic hydroxyl groups excluding tert-OH is 1. The van der Waals surface area contributed by atoms with E-state index in [2.05, 4.69) is 5.32 Å². The van der Waals surface area contributed by atoms with Crippen molar-refractivity contribution in [2.75, 3.05) is 18.5 Å². The third-order valence-electron chi connectivity index (χ3n) is 3.29. The summed E-state index contributed by atoms with van der Waals surface area (Å²) >= 11 is 0. The second-order valence-corrected chi connectivity index (χ2v) is 4.90. The van der Waals surface area contributed by atoms with E-state index in [9.17, 15) is 14.9 Å². The number of hydrogen-bond acceptors (Lipinski definition) is 5. The molecule has 0 aliphatic rings. The molecular formula is C14H21N3O4. The first-order valence-electron chi connectivity index (χ1n) is 6.92. The van der Waals surface area contributed by atoms with Gasteiger partial charge in [0.15, 0.2) is 0 Å². The zero-order chi connectivity index (χ0) is 15.8. The van der Waals surface area contributed by atoms with E-state index in [0.717, 1.165) is 12.8 Å². The number of benzene rings is 1. The summed E-state index contributed by atoms with van der Waals surface area (Å²) in [5.74, 6) is -0.412. The minimum Gasteiger partial charge on any atom is -0.396 e. The summed E-state index contributed by atoms with van der Waals surface area (Å²) in [4.78, 5) is 21.7. The van der Waals surface area contributed by atoms with Crippen LogP contribution in [0.2, 0.25) is 0 Å². The van der Waals surface area contributed by atoms with Gasteiger partial charge < -0.3 is 16.2 Å². The molecule has 0 bridgehead atoms. The lowest BCUT2D eigenvalue weighted by Gasteiger charge is -2.16. The Bertz CT molecular complexity index is 499. The third kappa shape index (κ3) is 5.03. The van der Waals surface area contributed by atoms with Crippen LogP contribution in [0, 0.1) is 16.0 Å². The van der Waals surface area contributed by atoms with Crippen molar-refractivity contribution in [2.24, 2.45) is 11.7 Å². The summed E-state index contributed by atoms with van der Waals surface area (Å²) in [6.45, 7) is 2.62. The van der Waals surface area contributed by atoms with Crippen molar-refractivity contribution in [3.05, 3.63) is 33.9 Å². The van der Waals surface area contributed by atoms with E-state index in [1.54, 1.807) is 0 Å². The summed E-state index contributed by atoms with van der Waals surface area (Å²) in [5.41, 5.74) is 5.59. The van der Waals surface area contributed by atoms with Crippen molar-refractivity contribution in [3.8, 4) is 0 Å². The number of nitrogens with zero attached hydrogens (tertiary/aromatic N) is 1. The van der Waals surface area contributed by atoms with Gasteiger partial charge in [0.1, 0.15) is 5.69 Å².